The third-order valence-corrected chi connectivity index (χ3v) is 6.80. The molecule has 1 aromatic heterocycles. The van der Waals surface area contributed by atoms with Gasteiger partial charge in [-0.15, -0.1) is 0 Å². The number of hydrogen-bond donors (Lipinski definition) is 2. The number of aryl methyl sites for hydroxylation is 1. The largest absolute Gasteiger partial charge is 0.325 e. The van der Waals surface area contributed by atoms with Crippen LogP contribution in [-0.2, 0) is 27.8 Å². The summed E-state index contributed by atoms with van der Waals surface area (Å²) in [5, 5.41) is 3.15. The van der Waals surface area contributed by atoms with Crippen LogP contribution < -0.4 is 15.6 Å². The number of aromatic nitrogens is 2. The summed E-state index contributed by atoms with van der Waals surface area (Å²) in [5.74, 6) is 0.529. The molecule has 0 radical (unpaired) electrons. The molecule has 0 spiro atoms. The Morgan fingerprint density at radius 3 is 2.61 bits per heavy atom. The van der Waals surface area contributed by atoms with E-state index in [0.29, 0.717) is 29.1 Å². The van der Waals surface area contributed by atoms with Gasteiger partial charge in [-0.25, -0.2) is 18.1 Å². The lowest BCUT2D eigenvalue weighted by Gasteiger charge is -2.10. The Morgan fingerprint density at radius 1 is 1.16 bits per heavy atom. The molecular formula is C22H24N4O4S. The molecule has 0 aliphatic carbocycles. The van der Waals surface area contributed by atoms with Crippen molar-refractivity contribution in [3.8, 4) is 0 Å². The zero-order valence-corrected chi connectivity index (χ0v) is 18.2. The van der Waals surface area contributed by atoms with E-state index in [-0.39, 0.29) is 10.5 Å². The zero-order valence-electron chi connectivity index (χ0n) is 17.4. The van der Waals surface area contributed by atoms with Gasteiger partial charge in [0.25, 0.3) is 5.56 Å². The number of benzene rings is 2. The number of carbonyl (C=O) groups excluding carboxylic acids is 1. The summed E-state index contributed by atoms with van der Waals surface area (Å²) in [6.45, 7) is 4.32. The molecule has 2 N–H and O–H groups in total. The summed E-state index contributed by atoms with van der Waals surface area (Å²) in [5.41, 5.74) is 1.92. The van der Waals surface area contributed by atoms with Crippen molar-refractivity contribution < 1.29 is 13.2 Å². The van der Waals surface area contributed by atoms with Crippen LogP contribution in [0.25, 0.3) is 10.9 Å². The van der Waals surface area contributed by atoms with Gasteiger partial charge in [0.15, 0.2) is 0 Å². The molecule has 9 heteroatoms. The molecule has 1 aliphatic rings. The second kappa shape index (κ2) is 8.24. The highest BCUT2D eigenvalue weighted by molar-refractivity contribution is 7.89. The normalized spacial score (nSPS) is 13.5. The lowest BCUT2D eigenvalue weighted by molar-refractivity contribution is -0.115. The summed E-state index contributed by atoms with van der Waals surface area (Å²) in [7, 11) is -3.80. The highest BCUT2D eigenvalue weighted by Gasteiger charge is 2.18. The monoisotopic (exact) mass is 440 g/mol. The smallest absolute Gasteiger partial charge is 0.261 e. The Balaban J connectivity index is 1.44. The molecule has 3 aromatic rings. The van der Waals surface area contributed by atoms with Crippen LogP contribution in [0.2, 0.25) is 0 Å². The highest BCUT2D eigenvalue weighted by atomic mass is 32.2. The molecule has 2 heterocycles. The number of nitrogens with zero attached hydrogens (tertiary/aromatic N) is 2. The van der Waals surface area contributed by atoms with Gasteiger partial charge in [0.2, 0.25) is 15.9 Å². The molecule has 0 atom stereocenters. The van der Waals surface area contributed by atoms with Crippen LogP contribution in [-0.4, -0.2) is 30.4 Å². The molecule has 8 nitrogen and oxygen atoms in total. The fraction of sp³-hybridized carbons (Fsp3) is 0.318. The number of rotatable bonds is 6. The minimum atomic E-state index is -3.80. The van der Waals surface area contributed by atoms with E-state index in [0.717, 1.165) is 24.2 Å². The average molecular weight is 441 g/mol. The van der Waals surface area contributed by atoms with Gasteiger partial charge in [0.1, 0.15) is 5.82 Å². The summed E-state index contributed by atoms with van der Waals surface area (Å²) < 4.78 is 28.9. The molecule has 162 valence electrons. The first-order chi connectivity index (χ1) is 14.7. The molecule has 31 heavy (non-hydrogen) atoms. The van der Waals surface area contributed by atoms with E-state index >= 15 is 0 Å². The Morgan fingerprint density at radius 2 is 1.90 bits per heavy atom. The molecule has 1 aliphatic heterocycles. The van der Waals surface area contributed by atoms with Crippen molar-refractivity contribution >= 4 is 32.5 Å². The number of amides is 1. The quantitative estimate of drug-likeness (QED) is 0.612. The third-order valence-electron chi connectivity index (χ3n) is 5.38. The third kappa shape index (κ3) is 4.38. The van der Waals surface area contributed by atoms with Crippen LogP contribution in [0.5, 0.6) is 0 Å². The second-order valence-electron chi connectivity index (χ2n) is 7.92. The molecule has 2 aromatic carbocycles. The number of hydrogen-bond acceptors (Lipinski definition) is 5. The maximum atomic E-state index is 12.5. The summed E-state index contributed by atoms with van der Waals surface area (Å²) >= 11 is 0. The predicted octanol–water partition coefficient (Wildman–Crippen LogP) is 2.38. The molecule has 1 amide bonds. The topological polar surface area (TPSA) is 110 Å². The maximum absolute atomic E-state index is 12.5. The number of anilines is 1. The lowest BCUT2D eigenvalue weighted by atomic mass is 10.0. The molecule has 0 bridgehead atoms. The van der Waals surface area contributed by atoms with Crippen LogP contribution in [0.1, 0.15) is 37.6 Å². The zero-order chi connectivity index (χ0) is 22.2. The van der Waals surface area contributed by atoms with Crippen molar-refractivity contribution in [2.75, 3.05) is 11.9 Å². The SMILES string of the molecule is CC(C)c1ccc(S(=O)(=O)NCC(=O)Nc2ccc3c(=O)n4c(nc3c2)CCC4)cc1. The second-order valence-corrected chi connectivity index (χ2v) is 9.68. The van der Waals surface area contributed by atoms with E-state index in [4.69, 9.17) is 0 Å². The Bertz CT molecular complexity index is 1310. The van der Waals surface area contributed by atoms with Crippen LogP contribution in [0.3, 0.4) is 0 Å². The van der Waals surface area contributed by atoms with Crippen molar-refractivity contribution in [1.82, 2.24) is 14.3 Å². The van der Waals surface area contributed by atoms with E-state index in [1.807, 2.05) is 13.8 Å². The molecule has 0 saturated heterocycles. The fourth-order valence-electron chi connectivity index (χ4n) is 3.64. The maximum Gasteiger partial charge on any atom is 0.261 e. The van der Waals surface area contributed by atoms with Gasteiger partial charge in [-0.05, 0) is 48.2 Å². The molecule has 0 saturated carbocycles. The van der Waals surface area contributed by atoms with Crippen LogP contribution in [0.4, 0.5) is 5.69 Å². The van der Waals surface area contributed by atoms with Gasteiger partial charge in [0.05, 0.1) is 22.3 Å². The van der Waals surface area contributed by atoms with Crippen molar-refractivity contribution in [3.63, 3.8) is 0 Å². The summed E-state index contributed by atoms with van der Waals surface area (Å²) in [4.78, 5) is 29.5. The first-order valence-electron chi connectivity index (χ1n) is 10.2. The average Bonchev–Trinajstić information content (AvgIpc) is 3.21. The highest BCUT2D eigenvalue weighted by Crippen LogP contribution is 2.19. The molecule has 0 fully saturated rings. The van der Waals surface area contributed by atoms with E-state index in [9.17, 15) is 18.0 Å². The van der Waals surface area contributed by atoms with Crippen molar-refractivity contribution in [3.05, 3.63) is 64.2 Å². The Labute approximate surface area is 180 Å². The number of carbonyl (C=O) groups is 1. The van der Waals surface area contributed by atoms with E-state index in [1.165, 1.54) is 12.1 Å². The van der Waals surface area contributed by atoms with Crippen molar-refractivity contribution in [2.24, 2.45) is 0 Å². The standard InChI is InChI=1S/C22H24N4O4S/c1-14(2)15-5-8-17(9-6-15)31(29,30)23-13-21(27)24-16-7-10-18-19(12-16)25-20-4-3-11-26(20)22(18)28/h5-10,12,14,23H,3-4,11,13H2,1-2H3,(H,24,27). The van der Waals surface area contributed by atoms with Gasteiger partial charge in [-0.3, -0.25) is 14.2 Å². The van der Waals surface area contributed by atoms with Gasteiger partial charge >= 0.3 is 0 Å². The van der Waals surface area contributed by atoms with E-state index in [2.05, 4.69) is 15.0 Å². The van der Waals surface area contributed by atoms with Gasteiger partial charge in [-0.2, -0.15) is 0 Å². The predicted molar refractivity (Wildman–Crippen MR) is 119 cm³/mol. The molecular weight excluding hydrogens is 416 g/mol. The molecule has 4 rings (SSSR count). The van der Waals surface area contributed by atoms with Crippen LogP contribution in [0, 0.1) is 0 Å². The van der Waals surface area contributed by atoms with Gasteiger partial charge < -0.3 is 5.32 Å². The van der Waals surface area contributed by atoms with E-state index < -0.39 is 22.5 Å². The minimum absolute atomic E-state index is 0.0772. The number of fused-ring (bicyclic) bond motifs is 2. The first kappa shape index (κ1) is 21.2. The fourth-order valence-corrected chi connectivity index (χ4v) is 4.62. The van der Waals surface area contributed by atoms with E-state index in [1.54, 1.807) is 34.9 Å². The summed E-state index contributed by atoms with van der Waals surface area (Å²) in [6.07, 6.45) is 1.64. The Hall–Kier alpha value is -3.04. The van der Waals surface area contributed by atoms with Crippen molar-refractivity contribution in [1.29, 1.82) is 0 Å². The van der Waals surface area contributed by atoms with Gasteiger partial charge in [0, 0.05) is 18.7 Å². The lowest BCUT2D eigenvalue weighted by Crippen LogP contribution is -2.33. The minimum Gasteiger partial charge on any atom is -0.325 e. The van der Waals surface area contributed by atoms with Crippen LogP contribution in [0.15, 0.2) is 52.2 Å². The first-order valence-corrected chi connectivity index (χ1v) is 11.7. The molecule has 0 unspecified atom stereocenters. The number of nitrogens with one attached hydrogen (secondary N) is 2. The van der Waals surface area contributed by atoms with Crippen molar-refractivity contribution in [2.45, 2.75) is 44.0 Å². The number of sulfonamides is 1. The summed E-state index contributed by atoms with van der Waals surface area (Å²) in [6, 6.07) is 11.5. The Kier molecular flexibility index (Phi) is 5.63. The van der Waals surface area contributed by atoms with Gasteiger partial charge in [-0.1, -0.05) is 26.0 Å². The van der Waals surface area contributed by atoms with Crippen LogP contribution >= 0.6 is 0 Å².